The van der Waals surface area contributed by atoms with Gasteiger partial charge < -0.3 is 39.8 Å². The van der Waals surface area contributed by atoms with Crippen LogP contribution in [0.5, 0.6) is 0 Å². The number of rotatable bonds is 14. The van der Waals surface area contributed by atoms with Crippen molar-refractivity contribution in [3.63, 3.8) is 0 Å². The van der Waals surface area contributed by atoms with Crippen LogP contribution in [-0.4, -0.2) is 102 Å². The number of hydrogen-bond donors (Lipinski definition) is 3. The van der Waals surface area contributed by atoms with Gasteiger partial charge in [-0.15, -0.1) is 0 Å². The van der Waals surface area contributed by atoms with Gasteiger partial charge in [0.05, 0.1) is 31.6 Å². The summed E-state index contributed by atoms with van der Waals surface area (Å²) in [6, 6.07) is 20.1. The van der Waals surface area contributed by atoms with Crippen molar-refractivity contribution >= 4 is 57.3 Å². The van der Waals surface area contributed by atoms with E-state index in [0.717, 1.165) is 32.6 Å². The molecule has 0 aliphatic carbocycles. The lowest BCUT2D eigenvalue weighted by molar-refractivity contribution is -0.139. The molecule has 3 N–H and O–H groups in total. The molecule has 0 radical (unpaired) electrons. The molecular weight excluding hydrogens is 875 g/mol. The van der Waals surface area contributed by atoms with Crippen LogP contribution < -0.4 is 16.0 Å². The van der Waals surface area contributed by atoms with Gasteiger partial charge in [-0.1, -0.05) is 64.1 Å². The van der Waals surface area contributed by atoms with Gasteiger partial charge in [-0.25, -0.2) is 14.0 Å². The third-order valence-corrected chi connectivity index (χ3v) is 12.2. The van der Waals surface area contributed by atoms with E-state index in [-0.39, 0.29) is 47.6 Å². The lowest BCUT2D eigenvalue weighted by Gasteiger charge is -2.30. The number of methoxy groups -OCH3 is 2. The standard InChI is InChI=1S/C47H54BrFN6O8/c1-27(2)40(51-46(60)62-5)44(58)53-23-7-9-36(53)39(56)25-29-11-13-30(14-12-29)38-26-35(48)42(55(38)34-21-17-32(49)18-22-34)31-15-19-33(20-16-31)50-43(57)37-10-8-24-54(37)45(59)41(28(3)4)52-47(61)63-6/h11-22,26-28,36-37,40-41H,7-10,23-25H2,1-6H3,(H,50,57)(H,51,60)(H,52,61)/t36-,37-,40-,41-/m0/s1. The number of halogens is 2. The lowest BCUT2D eigenvalue weighted by Crippen LogP contribution is -2.54. The Bertz CT molecular complexity index is 2320. The van der Waals surface area contributed by atoms with Crippen molar-refractivity contribution in [3.8, 4) is 28.2 Å². The Morgan fingerprint density at radius 3 is 1.75 bits per heavy atom. The first-order chi connectivity index (χ1) is 30.1. The molecular formula is C47H54BrFN6O8. The van der Waals surface area contributed by atoms with Gasteiger partial charge in [-0.3, -0.25) is 19.2 Å². The number of aromatic nitrogens is 1. The number of amides is 5. The van der Waals surface area contributed by atoms with Crippen LogP contribution in [0.3, 0.4) is 0 Å². The highest BCUT2D eigenvalue weighted by Gasteiger charge is 2.40. The van der Waals surface area contributed by atoms with Gasteiger partial charge in [0.25, 0.3) is 0 Å². The van der Waals surface area contributed by atoms with E-state index in [1.165, 1.54) is 31.3 Å². The molecule has 14 nitrogen and oxygen atoms in total. The van der Waals surface area contributed by atoms with Crippen LogP contribution in [0, 0.1) is 17.7 Å². The number of Topliss-reactive ketones (excluding diaryl/α,β-unsaturated/α-hetero) is 1. The average Bonchev–Trinajstić information content (AvgIpc) is 4.04. The zero-order chi connectivity index (χ0) is 45.5. The van der Waals surface area contributed by atoms with Gasteiger partial charge in [-0.05, 0) is 113 Å². The van der Waals surface area contributed by atoms with E-state index in [2.05, 4.69) is 31.9 Å². The first-order valence-corrected chi connectivity index (χ1v) is 21.9. The van der Waals surface area contributed by atoms with Crippen LogP contribution in [0.1, 0.15) is 58.9 Å². The minimum atomic E-state index is -0.845. The molecule has 1 aromatic heterocycles. The molecule has 3 heterocycles. The molecule has 334 valence electrons. The fraction of sp³-hybridized carbons (Fsp3) is 0.404. The molecule has 2 fully saturated rings. The normalized spacial score (nSPS) is 17.0. The van der Waals surface area contributed by atoms with Crippen molar-refractivity contribution in [2.75, 3.05) is 32.6 Å². The Kier molecular flexibility index (Phi) is 15.1. The predicted octanol–water partition coefficient (Wildman–Crippen LogP) is 7.51. The first-order valence-electron chi connectivity index (χ1n) is 21.1. The summed E-state index contributed by atoms with van der Waals surface area (Å²) in [6.45, 7) is 8.10. The number of anilines is 1. The van der Waals surface area contributed by atoms with E-state index in [9.17, 15) is 33.2 Å². The zero-order valence-corrected chi connectivity index (χ0v) is 37.9. The average molecular weight is 930 g/mol. The van der Waals surface area contributed by atoms with Crippen molar-refractivity contribution in [2.24, 2.45) is 11.8 Å². The number of alkyl carbamates (subject to hydrolysis) is 2. The van der Waals surface area contributed by atoms with Crippen molar-refractivity contribution in [1.82, 2.24) is 25.0 Å². The quantitative estimate of drug-likeness (QED) is 0.117. The number of ether oxygens (including phenoxy) is 2. The third kappa shape index (κ3) is 10.6. The summed E-state index contributed by atoms with van der Waals surface area (Å²) in [4.78, 5) is 81.4. The SMILES string of the molecule is COC(=O)N[C@H](C(=O)N1CCC[C@H]1C(=O)Cc1ccc(-c2cc(Br)c(-c3ccc(NC(=O)[C@@H]4CCCN4C(=O)[C@@H](NC(=O)OC)C(C)C)cc3)n2-c2ccc(F)cc2)cc1)C(C)C. The van der Waals surface area contributed by atoms with Crippen molar-refractivity contribution in [3.05, 3.63) is 94.7 Å². The summed E-state index contributed by atoms with van der Waals surface area (Å²) < 4.78 is 26.4. The predicted molar refractivity (Wildman–Crippen MR) is 239 cm³/mol. The van der Waals surface area contributed by atoms with Gasteiger partial charge in [0.2, 0.25) is 17.7 Å². The maximum absolute atomic E-state index is 14.2. The second kappa shape index (κ2) is 20.4. The van der Waals surface area contributed by atoms with Crippen molar-refractivity contribution < 1.29 is 42.6 Å². The molecule has 3 aromatic carbocycles. The molecule has 4 atom stereocenters. The zero-order valence-electron chi connectivity index (χ0n) is 36.3. The second-order valence-electron chi connectivity index (χ2n) is 16.5. The molecule has 2 aliphatic rings. The number of benzene rings is 3. The van der Waals surface area contributed by atoms with Gasteiger partial charge in [0.1, 0.15) is 23.9 Å². The molecule has 2 aliphatic heterocycles. The summed E-state index contributed by atoms with van der Waals surface area (Å²) in [5, 5.41) is 8.18. The number of nitrogens with zero attached hydrogens (tertiary/aromatic N) is 3. The summed E-state index contributed by atoms with van der Waals surface area (Å²) >= 11 is 3.77. The van der Waals surface area contributed by atoms with Gasteiger partial charge in [0.15, 0.2) is 5.78 Å². The highest BCUT2D eigenvalue weighted by Crippen LogP contribution is 2.39. The molecule has 63 heavy (non-hydrogen) atoms. The van der Waals surface area contributed by atoms with Crippen molar-refractivity contribution in [1.29, 1.82) is 0 Å². The van der Waals surface area contributed by atoms with Crippen LogP contribution >= 0.6 is 15.9 Å². The van der Waals surface area contributed by atoms with E-state index in [0.29, 0.717) is 50.1 Å². The number of ketones is 1. The van der Waals surface area contributed by atoms with E-state index in [1.807, 2.05) is 74.7 Å². The maximum Gasteiger partial charge on any atom is 0.407 e. The third-order valence-electron chi connectivity index (χ3n) is 11.6. The van der Waals surface area contributed by atoms with Gasteiger partial charge >= 0.3 is 12.2 Å². The Labute approximate surface area is 375 Å². The number of hydrogen-bond acceptors (Lipinski definition) is 8. The highest BCUT2D eigenvalue weighted by molar-refractivity contribution is 9.10. The van der Waals surface area contributed by atoms with Gasteiger partial charge in [0, 0.05) is 35.4 Å². The largest absolute Gasteiger partial charge is 0.453 e. The molecule has 6 rings (SSSR count). The molecule has 5 amide bonds. The summed E-state index contributed by atoms with van der Waals surface area (Å²) in [5.41, 5.74) is 5.18. The van der Waals surface area contributed by atoms with E-state index >= 15 is 0 Å². The van der Waals surface area contributed by atoms with Crippen LogP contribution in [0.4, 0.5) is 19.7 Å². The van der Waals surface area contributed by atoms with E-state index in [4.69, 9.17) is 9.47 Å². The first kappa shape index (κ1) is 46.5. The minimum Gasteiger partial charge on any atom is -0.453 e. The molecule has 4 aromatic rings. The molecule has 0 saturated carbocycles. The van der Waals surface area contributed by atoms with E-state index < -0.39 is 36.4 Å². The van der Waals surface area contributed by atoms with Crippen LogP contribution in [-0.2, 0) is 35.1 Å². The Balaban J connectivity index is 1.20. The maximum atomic E-state index is 14.2. The fourth-order valence-electron chi connectivity index (χ4n) is 8.29. The Morgan fingerprint density at radius 2 is 1.22 bits per heavy atom. The summed E-state index contributed by atoms with van der Waals surface area (Å²) in [5.74, 6) is -1.89. The smallest absolute Gasteiger partial charge is 0.407 e. The monoisotopic (exact) mass is 928 g/mol. The highest BCUT2D eigenvalue weighted by atomic mass is 79.9. The summed E-state index contributed by atoms with van der Waals surface area (Å²) in [6.07, 6.45) is 1.03. The fourth-order valence-corrected chi connectivity index (χ4v) is 8.91. The number of carbonyl (C=O) groups is 6. The van der Waals surface area contributed by atoms with Crippen LogP contribution in [0.2, 0.25) is 0 Å². The number of nitrogens with one attached hydrogen (secondary N) is 3. The van der Waals surface area contributed by atoms with Crippen LogP contribution in [0.25, 0.3) is 28.2 Å². The summed E-state index contributed by atoms with van der Waals surface area (Å²) in [7, 11) is 2.47. The molecule has 0 unspecified atom stereocenters. The topological polar surface area (TPSA) is 168 Å². The molecule has 16 heteroatoms. The van der Waals surface area contributed by atoms with Gasteiger partial charge in [-0.2, -0.15) is 0 Å². The minimum absolute atomic E-state index is 0.0877. The molecule has 0 spiro atoms. The Hall–Kier alpha value is -6.03. The van der Waals surface area contributed by atoms with Crippen molar-refractivity contribution in [2.45, 2.75) is 84.0 Å². The Morgan fingerprint density at radius 1 is 0.714 bits per heavy atom. The number of carbonyl (C=O) groups excluding carboxylic acids is 6. The molecule has 0 bridgehead atoms. The number of likely N-dealkylation sites (tertiary alicyclic amines) is 2. The second-order valence-corrected chi connectivity index (χ2v) is 17.4. The van der Waals surface area contributed by atoms with Crippen LogP contribution in [0.15, 0.2) is 83.3 Å². The van der Waals surface area contributed by atoms with E-state index in [1.54, 1.807) is 29.2 Å². The molecule has 2 saturated heterocycles. The lowest BCUT2D eigenvalue weighted by atomic mass is 9.98.